The van der Waals surface area contributed by atoms with Gasteiger partial charge in [-0.2, -0.15) is 0 Å². The summed E-state index contributed by atoms with van der Waals surface area (Å²) in [4.78, 5) is 16.1. The van der Waals surface area contributed by atoms with Gasteiger partial charge in [0.2, 0.25) is 5.91 Å². The van der Waals surface area contributed by atoms with E-state index in [1.165, 1.54) is 0 Å². The molecule has 100 valence electrons. The number of piperazine rings is 1. The summed E-state index contributed by atoms with van der Waals surface area (Å²) in [5.74, 6) is 0.275. The molecule has 1 saturated heterocycles. The fourth-order valence-electron chi connectivity index (χ4n) is 1.88. The molecule has 1 rings (SSSR count). The quantitative estimate of drug-likeness (QED) is 0.628. The second-order valence-corrected chi connectivity index (χ2v) is 4.53. The highest BCUT2D eigenvalue weighted by molar-refractivity contribution is 5.76. The van der Waals surface area contributed by atoms with Crippen molar-refractivity contribution >= 4 is 5.91 Å². The Hall–Kier alpha value is -0.650. The zero-order valence-corrected chi connectivity index (χ0v) is 11.1. The molecule has 0 aromatic carbocycles. The van der Waals surface area contributed by atoms with E-state index >= 15 is 0 Å². The van der Waals surface area contributed by atoms with Gasteiger partial charge in [-0.1, -0.05) is 0 Å². The number of ether oxygens (including phenoxy) is 1. The normalized spacial score (nSPS) is 17.4. The smallest absolute Gasteiger partial charge is 0.223 e. The molecule has 1 aliphatic heterocycles. The van der Waals surface area contributed by atoms with Gasteiger partial charge >= 0.3 is 0 Å². The Morgan fingerprint density at radius 2 is 1.94 bits per heavy atom. The number of likely N-dealkylation sites (N-methyl/N-ethyl adjacent to an activating group) is 1. The Kier molecular flexibility index (Phi) is 7.16. The zero-order valence-electron chi connectivity index (χ0n) is 11.1. The van der Waals surface area contributed by atoms with Crippen LogP contribution in [-0.2, 0) is 9.53 Å². The fourth-order valence-corrected chi connectivity index (χ4v) is 1.88. The third kappa shape index (κ3) is 6.00. The maximum atomic E-state index is 11.8. The molecule has 0 aliphatic carbocycles. The lowest BCUT2D eigenvalue weighted by Gasteiger charge is -2.32. The minimum Gasteiger partial charge on any atom is -0.385 e. The van der Waals surface area contributed by atoms with E-state index in [0.717, 1.165) is 52.3 Å². The zero-order chi connectivity index (χ0) is 12.5. The van der Waals surface area contributed by atoms with Gasteiger partial charge in [0.05, 0.1) is 0 Å². The van der Waals surface area contributed by atoms with Crippen LogP contribution in [0.2, 0.25) is 0 Å². The maximum Gasteiger partial charge on any atom is 0.223 e. The minimum absolute atomic E-state index is 0.275. The van der Waals surface area contributed by atoms with Crippen LogP contribution in [0.25, 0.3) is 0 Å². The van der Waals surface area contributed by atoms with Gasteiger partial charge in [-0.15, -0.1) is 0 Å². The predicted octanol–water partition coefficient (Wildman–Crippen LogP) is -0.223. The number of carbonyl (C=O) groups is 1. The molecule has 0 bridgehead atoms. The van der Waals surface area contributed by atoms with E-state index in [-0.39, 0.29) is 5.91 Å². The summed E-state index contributed by atoms with van der Waals surface area (Å²) in [5, 5.41) is 3.26. The lowest BCUT2D eigenvalue weighted by molar-refractivity contribution is -0.132. The predicted molar refractivity (Wildman–Crippen MR) is 68.1 cm³/mol. The monoisotopic (exact) mass is 243 g/mol. The number of rotatable bonds is 7. The molecule has 1 fully saturated rings. The van der Waals surface area contributed by atoms with E-state index in [0.29, 0.717) is 6.42 Å². The number of amides is 1. The summed E-state index contributed by atoms with van der Waals surface area (Å²) < 4.78 is 4.95. The summed E-state index contributed by atoms with van der Waals surface area (Å²) in [7, 11) is 3.80. The third-order valence-electron chi connectivity index (χ3n) is 3.07. The van der Waals surface area contributed by atoms with Gasteiger partial charge < -0.3 is 19.9 Å². The van der Waals surface area contributed by atoms with Crippen molar-refractivity contribution in [1.29, 1.82) is 0 Å². The van der Waals surface area contributed by atoms with Crippen LogP contribution in [0.15, 0.2) is 0 Å². The molecule has 5 nitrogen and oxygen atoms in total. The topological polar surface area (TPSA) is 44.8 Å². The lowest BCUT2D eigenvalue weighted by Crippen LogP contribution is -2.47. The highest BCUT2D eigenvalue weighted by Crippen LogP contribution is 2.01. The molecule has 0 atom stereocenters. The van der Waals surface area contributed by atoms with Gasteiger partial charge in [-0.3, -0.25) is 4.79 Å². The van der Waals surface area contributed by atoms with E-state index in [2.05, 4.69) is 17.3 Å². The van der Waals surface area contributed by atoms with E-state index in [1.807, 2.05) is 4.90 Å². The molecule has 0 aromatic heterocycles. The molecule has 5 heteroatoms. The van der Waals surface area contributed by atoms with Crippen LogP contribution in [0, 0.1) is 0 Å². The van der Waals surface area contributed by atoms with Crippen LogP contribution in [0.5, 0.6) is 0 Å². The Bertz CT molecular complexity index is 216. The number of hydrogen-bond acceptors (Lipinski definition) is 4. The van der Waals surface area contributed by atoms with Crippen molar-refractivity contribution in [3.63, 3.8) is 0 Å². The van der Waals surface area contributed by atoms with Gasteiger partial charge in [0.1, 0.15) is 0 Å². The summed E-state index contributed by atoms with van der Waals surface area (Å²) in [5.41, 5.74) is 0. The van der Waals surface area contributed by atoms with Gasteiger partial charge in [0, 0.05) is 52.9 Å². The van der Waals surface area contributed by atoms with Crippen molar-refractivity contribution in [2.45, 2.75) is 12.8 Å². The molecule has 1 heterocycles. The van der Waals surface area contributed by atoms with Crippen molar-refractivity contribution < 1.29 is 9.53 Å². The number of nitrogens with zero attached hydrogens (tertiary/aromatic N) is 2. The van der Waals surface area contributed by atoms with Gasteiger partial charge in [0.15, 0.2) is 0 Å². The first-order chi connectivity index (χ1) is 8.24. The first-order valence-corrected chi connectivity index (χ1v) is 6.40. The van der Waals surface area contributed by atoms with Crippen molar-refractivity contribution in [2.24, 2.45) is 0 Å². The van der Waals surface area contributed by atoms with E-state index in [1.54, 1.807) is 7.11 Å². The van der Waals surface area contributed by atoms with Crippen LogP contribution < -0.4 is 5.32 Å². The molecule has 0 aromatic rings. The average Bonchev–Trinajstić information content (AvgIpc) is 2.34. The molecule has 1 N–H and O–H groups in total. The molecule has 0 unspecified atom stereocenters. The number of hydrogen-bond donors (Lipinski definition) is 1. The first kappa shape index (κ1) is 14.4. The van der Waals surface area contributed by atoms with Crippen LogP contribution in [0.3, 0.4) is 0 Å². The van der Waals surface area contributed by atoms with Crippen molar-refractivity contribution in [3.05, 3.63) is 0 Å². The molecule has 1 aliphatic rings. The van der Waals surface area contributed by atoms with Crippen molar-refractivity contribution in [1.82, 2.24) is 15.1 Å². The largest absolute Gasteiger partial charge is 0.385 e. The Morgan fingerprint density at radius 3 is 2.59 bits per heavy atom. The molecule has 0 radical (unpaired) electrons. The lowest BCUT2D eigenvalue weighted by atomic mass is 10.3. The van der Waals surface area contributed by atoms with E-state index in [4.69, 9.17) is 4.74 Å². The number of methoxy groups -OCH3 is 1. The number of carbonyl (C=O) groups excluding carboxylic acids is 1. The second-order valence-electron chi connectivity index (χ2n) is 4.53. The van der Waals surface area contributed by atoms with Crippen LogP contribution >= 0.6 is 0 Å². The molecule has 1 amide bonds. The first-order valence-electron chi connectivity index (χ1n) is 6.40. The highest BCUT2D eigenvalue weighted by atomic mass is 16.5. The van der Waals surface area contributed by atoms with Crippen molar-refractivity contribution in [2.75, 3.05) is 60.0 Å². The maximum absolute atomic E-state index is 11.8. The molecule has 0 spiro atoms. The highest BCUT2D eigenvalue weighted by Gasteiger charge is 2.17. The summed E-state index contributed by atoms with van der Waals surface area (Å²) >= 11 is 0. The van der Waals surface area contributed by atoms with Crippen LogP contribution in [0.4, 0.5) is 0 Å². The van der Waals surface area contributed by atoms with Gasteiger partial charge in [-0.25, -0.2) is 0 Å². The van der Waals surface area contributed by atoms with Crippen LogP contribution in [0.1, 0.15) is 12.8 Å². The summed E-state index contributed by atoms with van der Waals surface area (Å²) in [6.07, 6.45) is 1.61. The second kappa shape index (κ2) is 8.44. The fraction of sp³-hybridized carbons (Fsp3) is 0.917. The Balaban J connectivity index is 2.01. The van der Waals surface area contributed by atoms with E-state index < -0.39 is 0 Å². The van der Waals surface area contributed by atoms with Crippen molar-refractivity contribution in [3.8, 4) is 0 Å². The molecule has 0 saturated carbocycles. The van der Waals surface area contributed by atoms with Crippen LogP contribution in [-0.4, -0.2) is 75.7 Å². The average molecular weight is 243 g/mol. The Labute approximate surface area is 104 Å². The molecule has 17 heavy (non-hydrogen) atoms. The third-order valence-corrected chi connectivity index (χ3v) is 3.07. The number of nitrogens with one attached hydrogen (secondary N) is 1. The minimum atomic E-state index is 0.275. The Morgan fingerprint density at radius 1 is 1.24 bits per heavy atom. The standard InChI is InChI=1S/C12H25N3O2/c1-14-7-9-15(10-8-14)12(16)4-6-13-5-3-11-17-2/h13H,3-11H2,1-2H3. The van der Waals surface area contributed by atoms with Gasteiger partial charge in [0.25, 0.3) is 0 Å². The summed E-state index contributed by atoms with van der Waals surface area (Å²) in [6.45, 7) is 6.20. The SMILES string of the molecule is COCCCNCCC(=O)N1CCN(C)CC1. The van der Waals surface area contributed by atoms with Gasteiger partial charge in [-0.05, 0) is 20.0 Å². The van der Waals surface area contributed by atoms with E-state index in [9.17, 15) is 4.79 Å². The molecular weight excluding hydrogens is 218 g/mol. The summed E-state index contributed by atoms with van der Waals surface area (Å²) in [6, 6.07) is 0. The molecular formula is C12H25N3O2.